The van der Waals surface area contributed by atoms with Gasteiger partial charge in [0, 0.05) is 12.8 Å². The van der Waals surface area contributed by atoms with Crippen LogP contribution in [0.25, 0.3) is 0 Å². The largest absolute Gasteiger partial charge is 0.466 e. The van der Waals surface area contributed by atoms with Crippen LogP contribution in [0.4, 0.5) is 0 Å². The fourth-order valence-electron chi connectivity index (χ4n) is 2.56. The van der Waals surface area contributed by atoms with Crippen molar-refractivity contribution in [1.82, 2.24) is 0 Å². The molecule has 1 aliphatic carbocycles. The molecule has 1 saturated carbocycles. The maximum atomic E-state index is 11.4. The van der Waals surface area contributed by atoms with Gasteiger partial charge in [0.25, 0.3) is 0 Å². The van der Waals surface area contributed by atoms with Crippen molar-refractivity contribution in [2.45, 2.75) is 58.8 Å². The maximum absolute atomic E-state index is 11.4. The molecule has 21 heavy (non-hydrogen) atoms. The molecular formula is C18H26O3. The number of hydrogen-bond donors (Lipinski definition) is 0. The minimum atomic E-state index is -0.182. The summed E-state index contributed by atoms with van der Waals surface area (Å²) in [6.45, 7) is 6.23. The van der Waals surface area contributed by atoms with E-state index >= 15 is 0 Å². The molecule has 2 rings (SSSR count). The number of hydrogen-bond acceptors (Lipinski definition) is 3. The second-order valence-corrected chi connectivity index (χ2v) is 5.04. The first-order valence-electron chi connectivity index (χ1n) is 7.95. The Bertz CT molecular complexity index is 438. The van der Waals surface area contributed by atoms with Gasteiger partial charge >= 0.3 is 5.97 Å². The van der Waals surface area contributed by atoms with E-state index in [0.717, 1.165) is 18.4 Å². The van der Waals surface area contributed by atoms with Crippen LogP contribution in [0, 0.1) is 0 Å². The smallest absolute Gasteiger partial charge is 0.310 e. The first-order valence-corrected chi connectivity index (χ1v) is 7.95. The lowest BCUT2D eigenvalue weighted by molar-refractivity contribution is -0.142. The maximum Gasteiger partial charge on any atom is 0.310 e. The molecule has 1 aromatic rings. The highest BCUT2D eigenvalue weighted by molar-refractivity contribution is 5.79. The van der Waals surface area contributed by atoms with Crippen LogP contribution in [0.1, 0.15) is 63.5 Å². The van der Waals surface area contributed by atoms with Gasteiger partial charge in [-0.25, -0.2) is 0 Å². The van der Waals surface area contributed by atoms with Crippen LogP contribution in [-0.4, -0.2) is 18.4 Å². The second kappa shape index (κ2) is 9.32. The summed E-state index contributed by atoms with van der Waals surface area (Å²) in [5.74, 6) is 0.697. The molecule has 3 heteroatoms. The number of esters is 1. The highest BCUT2D eigenvalue weighted by atomic mass is 16.5. The van der Waals surface area contributed by atoms with Crippen LogP contribution in [0.3, 0.4) is 0 Å². The van der Waals surface area contributed by atoms with Crippen LogP contribution in [0.15, 0.2) is 24.3 Å². The fourth-order valence-corrected chi connectivity index (χ4v) is 2.56. The Morgan fingerprint density at radius 1 is 1.14 bits per heavy atom. The summed E-state index contributed by atoms with van der Waals surface area (Å²) in [5.41, 5.74) is 2.26. The van der Waals surface area contributed by atoms with E-state index in [2.05, 4.69) is 12.1 Å². The third kappa shape index (κ3) is 5.70. The van der Waals surface area contributed by atoms with Crippen molar-refractivity contribution < 1.29 is 14.3 Å². The lowest BCUT2D eigenvalue weighted by Crippen LogP contribution is -2.12. The van der Waals surface area contributed by atoms with Gasteiger partial charge in [-0.05, 0) is 36.8 Å². The standard InChI is InChI=1S/C16H20O3.C2H6/c1-2-19-16(18)11-12-3-5-13(6-4-12)14-7-9-15(17)10-8-14;1-2/h3-6,14H,2,7-11H2,1H3;1-2H3. The lowest BCUT2D eigenvalue weighted by Gasteiger charge is -2.21. The first-order chi connectivity index (χ1) is 10.2. The molecule has 0 saturated heterocycles. The highest BCUT2D eigenvalue weighted by Crippen LogP contribution is 2.31. The van der Waals surface area contributed by atoms with E-state index in [1.54, 1.807) is 0 Å². The highest BCUT2D eigenvalue weighted by Gasteiger charge is 2.20. The van der Waals surface area contributed by atoms with Gasteiger partial charge in [-0.15, -0.1) is 0 Å². The van der Waals surface area contributed by atoms with Gasteiger partial charge in [0.1, 0.15) is 5.78 Å². The summed E-state index contributed by atoms with van der Waals surface area (Å²) in [7, 11) is 0. The van der Waals surface area contributed by atoms with Gasteiger partial charge in [-0.1, -0.05) is 38.1 Å². The van der Waals surface area contributed by atoms with E-state index in [9.17, 15) is 9.59 Å². The van der Waals surface area contributed by atoms with Crippen LogP contribution in [0.5, 0.6) is 0 Å². The van der Waals surface area contributed by atoms with Crippen LogP contribution in [-0.2, 0) is 20.7 Å². The molecule has 0 spiro atoms. The zero-order valence-corrected chi connectivity index (χ0v) is 13.4. The van der Waals surface area contributed by atoms with Crippen molar-refractivity contribution in [3.63, 3.8) is 0 Å². The topological polar surface area (TPSA) is 43.4 Å². The van der Waals surface area contributed by atoms with Crippen LogP contribution >= 0.6 is 0 Å². The van der Waals surface area contributed by atoms with E-state index in [4.69, 9.17) is 4.74 Å². The Labute approximate surface area is 127 Å². The van der Waals surface area contributed by atoms with E-state index in [-0.39, 0.29) is 5.97 Å². The van der Waals surface area contributed by atoms with Crippen LogP contribution in [0.2, 0.25) is 0 Å². The van der Waals surface area contributed by atoms with Gasteiger partial charge in [-0.3, -0.25) is 9.59 Å². The van der Waals surface area contributed by atoms with E-state index in [1.807, 2.05) is 32.9 Å². The van der Waals surface area contributed by atoms with Gasteiger partial charge in [0.05, 0.1) is 13.0 Å². The summed E-state index contributed by atoms with van der Waals surface area (Å²) < 4.78 is 4.93. The monoisotopic (exact) mass is 290 g/mol. The molecule has 0 aliphatic heterocycles. The zero-order valence-electron chi connectivity index (χ0n) is 13.4. The SMILES string of the molecule is CC.CCOC(=O)Cc1ccc(C2CCC(=O)CC2)cc1. The van der Waals surface area contributed by atoms with E-state index in [1.165, 1.54) is 5.56 Å². The number of benzene rings is 1. The van der Waals surface area contributed by atoms with Crippen molar-refractivity contribution in [3.05, 3.63) is 35.4 Å². The normalized spacial score (nSPS) is 15.1. The third-order valence-corrected chi connectivity index (χ3v) is 3.65. The predicted molar refractivity (Wildman–Crippen MR) is 84.3 cm³/mol. The Kier molecular flexibility index (Phi) is 7.73. The number of Topliss-reactive ketones (excluding diaryl/α,β-unsaturated/α-hetero) is 1. The van der Waals surface area contributed by atoms with Gasteiger partial charge in [-0.2, -0.15) is 0 Å². The number of carbonyl (C=O) groups is 2. The van der Waals surface area contributed by atoms with Crippen molar-refractivity contribution in [1.29, 1.82) is 0 Å². The molecule has 1 fully saturated rings. The predicted octanol–water partition coefficient (Wildman–Crippen LogP) is 4.05. The molecule has 1 aromatic carbocycles. The molecule has 0 amide bonds. The molecule has 0 atom stereocenters. The molecule has 116 valence electrons. The van der Waals surface area contributed by atoms with Gasteiger partial charge in [0.15, 0.2) is 0 Å². The third-order valence-electron chi connectivity index (χ3n) is 3.65. The number of ketones is 1. The zero-order chi connectivity index (χ0) is 15.7. The molecule has 3 nitrogen and oxygen atoms in total. The molecule has 1 aliphatic rings. The fraction of sp³-hybridized carbons (Fsp3) is 0.556. The quantitative estimate of drug-likeness (QED) is 0.786. The molecule has 0 bridgehead atoms. The van der Waals surface area contributed by atoms with E-state index < -0.39 is 0 Å². The number of rotatable bonds is 4. The molecule has 0 radical (unpaired) electrons. The Balaban J connectivity index is 0.00000106. The summed E-state index contributed by atoms with van der Waals surface area (Å²) in [6, 6.07) is 8.13. The van der Waals surface area contributed by atoms with Crippen molar-refractivity contribution in [3.8, 4) is 0 Å². The van der Waals surface area contributed by atoms with E-state index in [0.29, 0.717) is 37.6 Å². The number of carbonyl (C=O) groups excluding carboxylic acids is 2. The summed E-state index contributed by atoms with van der Waals surface area (Å²) in [5, 5.41) is 0. The first kappa shape index (κ1) is 17.4. The van der Waals surface area contributed by atoms with Gasteiger partial charge < -0.3 is 4.74 Å². The number of ether oxygens (including phenoxy) is 1. The molecule has 0 aromatic heterocycles. The lowest BCUT2D eigenvalue weighted by atomic mass is 9.83. The Hall–Kier alpha value is -1.64. The second-order valence-electron chi connectivity index (χ2n) is 5.04. The van der Waals surface area contributed by atoms with Crippen molar-refractivity contribution in [2.75, 3.05) is 6.61 Å². The Morgan fingerprint density at radius 3 is 2.24 bits per heavy atom. The average Bonchev–Trinajstić information content (AvgIpc) is 2.51. The molecular weight excluding hydrogens is 264 g/mol. The molecule has 0 N–H and O–H groups in total. The summed E-state index contributed by atoms with van der Waals surface area (Å²) in [4.78, 5) is 22.6. The minimum absolute atomic E-state index is 0.182. The van der Waals surface area contributed by atoms with Gasteiger partial charge in [0.2, 0.25) is 0 Å². The van der Waals surface area contributed by atoms with Crippen molar-refractivity contribution in [2.24, 2.45) is 0 Å². The average molecular weight is 290 g/mol. The summed E-state index contributed by atoms with van der Waals surface area (Å²) in [6.07, 6.45) is 3.65. The summed E-state index contributed by atoms with van der Waals surface area (Å²) >= 11 is 0. The van der Waals surface area contributed by atoms with Crippen molar-refractivity contribution >= 4 is 11.8 Å². The minimum Gasteiger partial charge on any atom is -0.466 e. The Morgan fingerprint density at radius 2 is 1.71 bits per heavy atom. The van der Waals surface area contributed by atoms with Crippen LogP contribution < -0.4 is 0 Å². The molecule has 0 unspecified atom stereocenters. The molecule has 0 heterocycles.